The number of amides is 2. The van der Waals surface area contributed by atoms with Gasteiger partial charge in [-0.25, -0.2) is 0 Å². The van der Waals surface area contributed by atoms with E-state index in [0.29, 0.717) is 27.5 Å². The van der Waals surface area contributed by atoms with Crippen molar-refractivity contribution in [3.63, 3.8) is 0 Å². The highest BCUT2D eigenvalue weighted by molar-refractivity contribution is 6.37. The van der Waals surface area contributed by atoms with Gasteiger partial charge in [-0.1, -0.05) is 59.6 Å². The van der Waals surface area contributed by atoms with Gasteiger partial charge in [0.2, 0.25) is 0 Å². The molecule has 0 radical (unpaired) electrons. The molecule has 4 aromatic carbocycles. The van der Waals surface area contributed by atoms with Gasteiger partial charge in [-0.05, 0) is 59.3 Å². The molecule has 0 bridgehead atoms. The number of anilines is 2. The Morgan fingerprint density at radius 1 is 0.633 bits per heavy atom. The summed E-state index contributed by atoms with van der Waals surface area (Å²) in [5, 5.41) is 8.30. The van der Waals surface area contributed by atoms with Crippen LogP contribution in [-0.2, 0) is 0 Å². The van der Waals surface area contributed by atoms with Crippen molar-refractivity contribution in [2.45, 2.75) is 0 Å². The van der Waals surface area contributed by atoms with E-state index in [1.54, 1.807) is 42.5 Å². The van der Waals surface area contributed by atoms with Gasteiger partial charge >= 0.3 is 0 Å². The molecule has 4 nitrogen and oxygen atoms in total. The zero-order valence-corrected chi connectivity index (χ0v) is 17.2. The number of carbonyl (C=O) groups is 2. The molecule has 4 rings (SSSR count). The summed E-state index contributed by atoms with van der Waals surface area (Å²) in [4.78, 5) is 25.1. The molecule has 0 heterocycles. The lowest BCUT2D eigenvalue weighted by Crippen LogP contribution is -2.13. The lowest BCUT2D eigenvalue weighted by Gasteiger charge is -2.10. The number of rotatable bonds is 4. The molecule has 30 heavy (non-hydrogen) atoms. The molecule has 0 saturated carbocycles. The van der Waals surface area contributed by atoms with Gasteiger partial charge in [-0.15, -0.1) is 0 Å². The fraction of sp³-hybridized carbons (Fsp3) is 0. The molecule has 0 saturated heterocycles. The van der Waals surface area contributed by atoms with Gasteiger partial charge in [0.25, 0.3) is 11.8 Å². The van der Waals surface area contributed by atoms with Crippen molar-refractivity contribution in [3.05, 3.63) is 106 Å². The predicted molar refractivity (Wildman–Crippen MR) is 123 cm³/mol. The highest BCUT2D eigenvalue weighted by atomic mass is 35.5. The first-order valence-corrected chi connectivity index (χ1v) is 9.92. The Kier molecular flexibility index (Phi) is 5.70. The SMILES string of the molecule is O=C(Nc1ccc(NC(=O)c2cccc3ccccc23)cc1)c1ccc(Cl)cc1Cl. The fourth-order valence-corrected chi connectivity index (χ4v) is 3.63. The minimum absolute atomic E-state index is 0.198. The van der Waals surface area contributed by atoms with Crippen molar-refractivity contribution in [1.29, 1.82) is 0 Å². The minimum Gasteiger partial charge on any atom is -0.322 e. The number of nitrogens with one attached hydrogen (secondary N) is 2. The molecule has 0 atom stereocenters. The second-order valence-electron chi connectivity index (χ2n) is 6.64. The van der Waals surface area contributed by atoms with Crippen LogP contribution in [0.15, 0.2) is 84.9 Å². The molecular weight excluding hydrogens is 419 g/mol. The van der Waals surface area contributed by atoms with E-state index in [-0.39, 0.29) is 16.8 Å². The second-order valence-corrected chi connectivity index (χ2v) is 7.48. The van der Waals surface area contributed by atoms with Crippen molar-refractivity contribution in [2.24, 2.45) is 0 Å². The Morgan fingerprint density at radius 3 is 1.90 bits per heavy atom. The first-order valence-electron chi connectivity index (χ1n) is 9.17. The Labute approximate surface area is 183 Å². The van der Waals surface area contributed by atoms with Crippen LogP contribution >= 0.6 is 23.2 Å². The molecule has 0 fully saturated rings. The third-order valence-corrected chi connectivity index (χ3v) is 5.16. The summed E-state index contributed by atoms with van der Waals surface area (Å²) >= 11 is 11.9. The minimum atomic E-state index is -0.343. The van der Waals surface area contributed by atoms with E-state index in [1.807, 2.05) is 36.4 Å². The van der Waals surface area contributed by atoms with E-state index in [9.17, 15) is 9.59 Å². The lowest BCUT2D eigenvalue weighted by molar-refractivity contribution is 0.101. The lowest BCUT2D eigenvalue weighted by atomic mass is 10.0. The van der Waals surface area contributed by atoms with Gasteiger partial charge in [0.1, 0.15) is 0 Å². The Morgan fingerprint density at radius 2 is 1.23 bits per heavy atom. The van der Waals surface area contributed by atoms with E-state index in [2.05, 4.69) is 10.6 Å². The summed E-state index contributed by atoms with van der Waals surface area (Å²) in [5.41, 5.74) is 2.13. The third kappa shape index (κ3) is 4.30. The predicted octanol–water partition coefficient (Wildman–Crippen LogP) is 6.65. The number of halogens is 2. The van der Waals surface area contributed by atoms with Crippen LogP contribution in [-0.4, -0.2) is 11.8 Å². The fourth-order valence-electron chi connectivity index (χ4n) is 3.13. The molecular formula is C24H16Cl2N2O2. The third-order valence-electron chi connectivity index (χ3n) is 4.61. The zero-order valence-electron chi connectivity index (χ0n) is 15.7. The maximum absolute atomic E-state index is 12.7. The molecule has 0 aliphatic carbocycles. The molecule has 4 aromatic rings. The summed E-state index contributed by atoms with van der Waals surface area (Å²) in [7, 11) is 0. The van der Waals surface area contributed by atoms with Gasteiger partial charge in [0.15, 0.2) is 0 Å². The van der Waals surface area contributed by atoms with Gasteiger partial charge in [0.05, 0.1) is 10.6 Å². The number of benzene rings is 4. The smallest absolute Gasteiger partial charge is 0.257 e. The maximum atomic E-state index is 12.7. The molecule has 6 heteroatoms. The Balaban J connectivity index is 1.47. The molecule has 0 aliphatic rings. The van der Waals surface area contributed by atoms with E-state index >= 15 is 0 Å². The normalized spacial score (nSPS) is 10.6. The van der Waals surface area contributed by atoms with E-state index in [1.165, 1.54) is 6.07 Å². The summed E-state index contributed by atoms with van der Waals surface area (Å²) in [5.74, 6) is -0.541. The van der Waals surface area contributed by atoms with Gasteiger partial charge in [-0.2, -0.15) is 0 Å². The standard InChI is InChI=1S/C24H16Cl2N2O2/c25-16-8-13-21(22(26)14-16)24(30)28-18-11-9-17(10-12-18)27-23(29)20-7-3-5-15-4-1-2-6-19(15)20/h1-14H,(H,27,29)(H,28,30). The molecule has 0 aliphatic heterocycles. The van der Waals surface area contributed by atoms with E-state index in [4.69, 9.17) is 23.2 Å². The summed E-state index contributed by atoms with van der Waals surface area (Å²) in [6.07, 6.45) is 0. The van der Waals surface area contributed by atoms with E-state index in [0.717, 1.165) is 10.8 Å². The quantitative estimate of drug-likeness (QED) is 0.377. The average Bonchev–Trinajstić information content (AvgIpc) is 2.74. The molecule has 2 N–H and O–H groups in total. The molecule has 0 aromatic heterocycles. The largest absolute Gasteiger partial charge is 0.322 e. The monoisotopic (exact) mass is 434 g/mol. The molecule has 148 valence electrons. The summed E-state index contributed by atoms with van der Waals surface area (Å²) in [6, 6.07) is 24.9. The number of hydrogen-bond donors (Lipinski definition) is 2. The topological polar surface area (TPSA) is 58.2 Å². The van der Waals surface area contributed by atoms with Gasteiger partial charge in [-0.3, -0.25) is 9.59 Å². The molecule has 0 unspecified atom stereocenters. The van der Waals surface area contributed by atoms with Gasteiger partial charge in [0, 0.05) is 22.0 Å². The van der Waals surface area contributed by atoms with Crippen LogP contribution in [0.5, 0.6) is 0 Å². The first kappa shape index (κ1) is 20.0. The van der Waals surface area contributed by atoms with Crippen molar-refractivity contribution < 1.29 is 9.59 Å². The van der Waals surface area contributed by atoms with Crippen LogP contribution in [0, 0.1) is 0 Å². The Bertz CT molecular complexity index is 1250. The zero-order chi connectivity index (χ0) is 21.1. The van der Waals surface area contributed by atoms with E-state index < -0.39 is 0 Å². The van der Waals surface area contributed by atoms with Crippen molar-refractivity contribution in [3.8, 4) is 0 Å². The van der Waals surface area contributed by atoms with Crippen LogP contribution in [0.4, 0.5) is 11.4 Å². The highest BCUT2D eigenvalue weighted by Gasteiger charge is 2.12. The summed E-state index contributed by atoms with van der Waals surface area (Å²) in [6.45, 7) is 0. The van der Waals surface area contributed by atoms with Crippen molar-refractivity contribution in [1.82, 2.24) is 0 Å². The van der Waals surface area contributed by atoms with Crippen molar-refractivity contribution >= 4 is 57.2 Å². The average molecular weight is 435 g/mol. The first-order chi connectivity index (χ1) is 14.5. The number of hydrogen-bond acceptors (Lipinski definition) is 2. The van der Waals surface area contributed by atoms with Crippen LogP contribution in [0.3, 0.4) is 0 Å². The summed E-state index contributed by atoms with van der Waals surface area (Å²) < 4.78 is 0. The highest BCUT2D eigenvalue weighted by Crippen LogP contribution is 2.23. The van der Waals surface area contributed by atoms with Crippen LogP contribution in [0.1, 0.15) is 20.7 Å². The van der Waals surface area contributed by atoms with Gasteiger partial charge < -0.3 is 10.6 Å². The molecule has 2 amide bonds. The van der Waals surface area contributed by atoms with Crippen LogP contribution in [0.2, 0.25) is 10.0 Å². The molecule has 0 spiro atoms. The van der Waals surface area contributed by atoms with Crippen LogP contribution in [0.25, 0.3) is 10.8 Å². The Hall–Kier alpha value is -3.34. The number of fused-ring (bicyclic) bond motifs is 1. The van der Waals surface area contributed by atoms with Crippen LogP contribution < -0.4 is 10.6 Å². The second kappa shape index (κ2) is 8.57. The maximum Gasteiger partial charge on any atom is 0.257 e. The van der Waals surface area contributed by atoms with Crippen molar-refractivity contribution in [2.75, 3.05) is 10.6 Å². The number of carbonyl (C=O) groups excluding carboxylic acids is 2.